The van der Waals surface area contributed by atoms with E-state index in [0.717, 1.165) is 19.4 Å². The Morgan fingerprint density at radius 3 is 2.61 bits per heavy atom. The molecule has 5 heteroatoms. The molecule has 1 heterocycles. The van der Waals surface area contributed by atoms with E-state index in [4.69, 9.17) is 4.74 Å². The maximum atomic E-state index is 11.9. The van der Waals surface area contributed by atoms with Gasteiger partial charge in [-0.25, -0.2) is 4.99 Å². The van der Waals surface area contributed by atoms with Crippen molar-refractivity contribution < 1.29 is 14.3 Å². The van der Waals surface area contributed by atoms with Crippen LogP contribution in [0.5, 0.6) is 0 Å². The van der Waals surface area contributed by atoms with E-state index in [1.54, 1.807) is 19.1 Å². The number of allylic oxidation sites excluding steroid dienone is 1. The Bertz CT molecular complexity index is 430. The Morgan fingerprint density at radius 1 is 1.17 bits per heavy atom. The minimum atomic E-state index is -0.775. The highest BCUT2D eigenvalue weighted by atomic mass is 16.5. The normalized spacial score (nSPS) is 17.2. The number of nitrogens with zero attached hydrogens (tertiary/aromatic N) is 1. The topological polar surface area (TPSA) is 67.8 Å². The van der Waals surface area contributed by atoms with Gasteiger partial charge in [0.2, 0.25) is 5.91 Å². The molecular formula is C18H30N2O3. The number of dihydropyridines is 1. The molecular weight excluding hydrogens is 292 g/mol. The Kier molecular flexibility index (Phi) is 10.2. The number of amides is 2. The van der Waals surface area contributed by atoms with E-state index in [0.29, 0.717) is 18.9 Å². The van der Waals surface area contributed by atoms with Crippen molar-refractivity contribution in [3.8, 4) is 0 Å². The summed E-state index contributed by atoms with van der Waals surface area (Å²) in [5.74, 6) is -1.44. The first-order chi connectivity index (χ1) is 11.1. The summed E-state index contributed by atoms with van der Waals surface area (Å²) in [5.41, 5.74) is 0.641. The molecule has 0 aromatic rings. The van der Waals surface area contributed by atoms with Crippen LogP contribution in [-0.4, -0.2) is 37.3 Å². The lowest BCUT2D eigenvalue weighted by molar-refractivity contribution is -0.131. The Labute approximate surface area is 139 Å². The third-order valence-corrected chi connectivity index (χ3v) is 3.77. The van der Waals surface area contributed by atoms with Crippen molar-refractivity contribution >= 4 is 17.5 Å². The van der Waals surface area contributed by atoms with Gasteiger partial charge in [-0.2, -0.15) is 0 Å². The molecule has 23 heavy (non-hydrogen) atoms. The number of ether oxygens (including phenoxy) is 1. The summed E-state index contributed by atoms with van der Waals surface area (Å²) >= 11 is 0. The van der Waals surface area contributed by atoms with E-state index in [2.05, 4.69) is 17.2 Å². The van der Waals surface area contributed by atoms with Gasteiger partial charge in [0.05, 0.1) is 0 Å². The smallest absolute Gasteiger partial charge is 0.262 e. The minimum Gasteiger partial charge on any atom is -0.381 e. The van der Waals surface area contributed by atoms with Crippen LogP contribution in [0.1, 0.15) is 58.8 Å². The molecule has 0 bridgehead atoms. The first-order valence-electron chi connectivity index (χ1n) is 8.78. The number of aliphatic imine (C=N–C) groups is 1. The van der Waals surface area contributed by atoms with Crippen molar-refractivity contribution in [2.45, 2.75) is 58.8 Å². The molecule has 2 amide bonds. The second-order valence-electron chi connectivity index (χ2n) is 5.95. The van der Waals surface area contributed by atoms with Crippen LogP contribution in [0.25, 0.3) is 0 Å². The maximum Gasteiger partial charge on any atom is 0.262 e. The van der Waals surface area contributed by atoms with E-state index in [1.807, 2.05) is 0 Å². The average Bonchev–Trinajstić information content (AvgIpc) is 2.52. The third-order valence-electron chi connectivity index (χ3n) is 3.77. The zero-order valence-corrected chi connectivity index (χ0v) is 14.5. The van der Waals surface area contributed by atoms with Gasteiger partial charge < -0.3 is 10.1 Å². The lowest BCUT2D eigenvalue weighted by atomic mass is 10.0. The van der Waals surface area contributed by atoms with E-state index >= 15 is 0 Å². The zero-order valence-electron chi connectivity index (χ0n) is 14.5. The predicted octanol–water partition coefficient (Wildman–Crippen LogP) is 3.04. The molecule has 1 N–H and O–H groups in total. The van der Waals surface area contributed by atoms with E-state index in [9.17, 15) is 9.59 Å². The van der Waals surface area contributed by atoms with Crippen molar-refractivity contribution in [1.82, 2.24) is 5.32 Å². The van der Waals surface area contributed by atoms with Gasteiger partial charge in [-0.05, 0) is 25.8 Å². The lowest BCUT2D eigenvalue weighted by Crippen LogP contribution is -2.36. The summed E-state index contributed by atoms with van der Waals surface area (Å²) in [6.07, 6.45) is 11.6. The summed E-state index contributed by atoms with van der Waals surface area (Å²) in [7, 11) is 0. The first kappa shape index (κ1) is 19.6. The highest BCUT2D eigenvalue weighted by Gasteiger charge is 2.25. The van der Waals surface area contributed by atoms with Gasteiger partial charge in [0.25, 0.3) is 5.91 Å². The molecule has 1 aliphatic rings. The van der Waals surface area contributed by atoms with E-state index in [1.165, 1.54) is 32.1 Å². The summed E-state index contributed by atoms with van der Waals surface area (Å²) in [5, 5.41) is 2.76. The van der Waals surface area contributed by atoms with Crippen molar-refractivity contribution in [3.63, 3.8) is 0 Å². The number of nitrogens with one attached hydrogen (secondary N) is 1. The molecule has 1 aliphatic heterocycles. The summed E-state index contributed by atoms with van der Waals surface area (Å²) < 4.78 is 5.55. The molecule has 1 rings (SSSR count). The number of carbonyl (C=O) groups is 2. The summed E-state index contributed by atoms with van der Waals surface area (Å²) in [4.78, 5) is 27.3. The molecule has 5 nitrogen and oxygen atoms in total. The summed E-state index contributed by atoms with van der Waals surface area (Å²) in [6, 6.07) is 0. The number of hydrogen-bond acceptors (Lipinski definition) is 3. The molecule has 0 spiro atoms. The molecule has 0 radical (unpaired) electrons. The van der Waals surface area contributed by atoms with Crippen molar-refractivity contribution in [3.05, 3.63) is 12.2 Å². The van der Waals surface area contributed by atoms with Gasteiger partial charge in [0, 0.05) is 25.5 Å². The Balaban J connectivity index is 1.96. The van der Waals surface area contributed by atoms with Crippen LogP contribution >= 0.6 is 0 Å². The van der Waals surface area contributed by atoms with Crippen molar-refractivity contribution in [1.29, 1.82) is 0 Å². The van der Waals surface area contributed by atoms with Gasteiger partial charge >= 0.3 is 0 Å². The molecule has 0 aromatic heterocycles. The van der Waals surface area contributed by atoms with Gasteiger partial charge in [0.1, 0.15) is 5.92 Å². The number of carbonyl (C=O) groups excluding carboxylic acids is 2. The fourth-order valence-electron chi connectivity index (χ4n) is 2.38. The maximum absolute atomic E-state index is 11.9. The lowest BCUT2D eigenvalue weighted by Gasteiger charge is -2.13. The predicted molar refractivity (Wildman–Crippen MR) is 92.6 cm³/mol. The van der Waals surface area contributed by atoms with Gasteiger partial charge in [-0.1, -0.05) is 45.1 Å². The van der Waals surface area contributed by atoms with Crippen molar-refractivity contribution in [2.75, 3.05) is 19.8 Å². The Hall–Kier alpha value is -1.49. The van der Waals surface area contributed by atoms with Crippen molar-refractivity contribution in [2.24, 2.45) is 10.9 Å². The SMILES string of the molecule is CCCCCCCCOCCCNC(=O)C1C=CC(C)=NC1=O. The quantitative estimate of drug-likeness (QED) is 0.443. The van der Waals surface area contributed by atoms with Crippen LogP contribution in [0.4, 0.5) is 0 Å². The van der Waals surface area contributed by atoms with Crippen LogP contribution in [-0.2, 0) is 14.3 Å². The van der Waals surface area contributed by atoms with Gasteiger partial charge in [-0.3, -0.25) is 9.59 Å². The second-order valence-corrected chi connectivity index (χ2v) is 5.95. The third kappa shape index (κ3) is 8.65. The molecule has 0 saturated heterocycles. The molecule has 0 aliphatic carbocycles. The molecule has 0 aromatic carbocycles. The number of rotatable bonds is 12. The van der Waals surface area contributed by atoms with Crippen LogP contribution < -0.4 is 5.32 Å². The number of unbranched alkanes of at least 4 members (excludes halogenated alkanes) is 5. The first-order valence-corrected chi connectivity index (χ1v) is 8.78. The molecule has 0 saturated carbocycles. The second kappa shape index (κ2) is 12.0. The molecule has 1 unspecified atom stereocenters. The fourth-order valence-corrected chi connectivity index (χ4v) is 2.38. The van der Waals surface area contributed by atoms with Crippen LogP contribution in [0.2, 0.25) is 0 Å². The highest BCUT2D eigenvalue weighted by molar-refractivity contribution is 6.12. The zero-order chi connectivity index (χ0) is 16.9. The van der Waals surface area contributed by atoms with E-state index < -0.39 is 5.92 Å². The van der Waals surface area contributed by atoms with Crippen LogP contribution in [0.3, 0.4) is 0 Å². The minimum absolute atomic E-state index is 0.279. The monoisotopic (exact) mass is 322 g/mol. The summed E-state index contributed by atoms with van der Waals surface area (Å²) in [6.45, 7) is 5.91. The van der Waals surface area contributed by atoms with E-state index in [-0.39, 0.29) is 11.8 Å². The van der Waals surface area contributed by atoms with Gasteiger partial charge in [0.15, 0.2) is 0 Å². The standard InChI is InChI=1S/C18H30N2O3/c1-3-4-5-6-7-8-13-23-14-9-12-19-17(21)16-11-10-15(2)20-18(16)22/h10-11,16H,3-9,12-14H2,1-2H3,(H,19,21). The molecule has 1 atom stereocenters. The van der Waals surface area contributed by atoms with Crippen LogP contribution in [0, 0.1) is 5.92 Å². The van der Waals surface area contributed by atoms with Gasteiger partial charge in [-0.15, -0.1) is 0 Å². The highest BCUT2D eigenvalue weighted by Crippen LogP contribution is 2.08. The number of hydrogen-bond donors (Lipinski definition) is 1. The Morgan fingerprint density at radius 2 is 1.87 bits per heavy atom. The molecule has 130 valence electrons. The molecule has 0 fully saturated rings. The fraction of sp³-hybridized carbons (Fsp3) is 0.722. The average molecular weight is 322 g/mol. The largest absolute Gasteiger partial charge is 0.381 e. The van der Waals surface area contributed by atoms with Crippen LogP contribution in [0.15, 0.2) is 17.1 Å².